The number of amides is 2. The van der Waals surface area contributed by atoms with Crippen LogP contribution < -0.4 is 0 Å². The number of hydrogen-bond acceptors (Lipinski definition) is 3. The number of likely N-dealkylation sites (N-methyl/N-ethyl adjacent to an activating group) is 1. The van der Waals surface area contributed by atoms with Crippen LogP contribution in [0.15, 0.2) is 24.5 Å². The Morgan fingerprint density at radius 2 is 2.00 bits per heavy atom. The Kier molecular flexibility index (Phi) is 4.79. The summed E-state index contributed by atoms with van der Waals surface area (Å²) in [5, 5.41) is 0. The Balaban J connectivity index is 1.88. The second-order valence-electron chi connectivity index (χ2n) is 7.22. The molecular weight excluding hydrogens is 316 g/mol. The van der Waals surface area contributed by atoms with Crippen LogP contribution in [0, 0.1) is 12.8 Å². The minimum absolute atomic E-state index is 0.000312. The van der Waals surface area contributed by atoms with Gasteiger partial charge in [0.15, 0.2) is 0 Å². The molecule has 3 rings (SSSR count). The molecule has 3 heterocycles. The normalized spacial score (nSPS) is 18.7. The predicted molar refractivity (Wildman–Crippen MR) is 96.0 cm³/mol. The van der Waals surface area contributed by atoms with E-state index in [-0.39, 0.29) is 18.4 Å². The molecule has 6 nitrogen and oxygen atoms in total. The van der Waals surface area contributed by atoms with Gasteiger partial charge in [0.1, 0.15) is 11.7 Å². The van der Waals surface area contributed by atoms with Gasteiger partial charge in [0.25, 0.3) is 0 Å². The highest BCUT2D eigenvalue weighted by molar-refractivity contribution is 5.94. The number of carbonyl (C=O) groups is 2. The first-order valence-electron chi connectivity index (χ1n) is 8.91. The summed E-state index contributed by atoms with van der Waals surface area (Å²) in [7, 11) is 0. The second kappa shape index (κ2) is 6.86. The van der Waals surface area contributed by atoms with Gasteiger partial charge in [0.05, 0.1) is 18.8 Å². The third-order valence-corrected chi connectivity index (χ3v) is 4.68. The fourth-order valence-corrected chi connectivity index (χ4v) is 3.40. The zero-order chi connectivity index (χ0) is 18.1. The van der Waals surface area contributed by atoms with Gasteiger partial charge in [-0.3, -0.25) is 9.59 Å². The number of pyridine rings is 1. The van der Waals surface area contributed by atoms with Crippen molar-refractivity contribution in [1.82, 2.24) is 19.2 Å². The van der Waals surface area contributed by atoms with Gasteiger partial charge in [0, 0.05) is 18.9 Å². The second-order valence-corrected chi connectivity index (χ2v) is 7.22. The lowest BCUT2D eigenvalue weighted by atomic mass is 9.98. The molecule has 1 atom stereocenters. The molecule has 1 saturated heterocycles. The molecule has 0 aromatic carbocycles. The molecule has 25 heavy (non-hydrogen) atoms. The molecule has 0 bridgehead atoms. The fourth-order valence-electron chi connectivity index (χ4n) is 3.40. The number of aryl methyl sites for hydroxylation is 1. The van der Waals surface area contributed by atoms with Gasteiger partial charge in [-0.1, -0.05) is 19.9 Å². The topological polar surface area (TPSA) is 57.9 Å². The summed E-state index contributed by atoms with van der Waals surface area (Å²) in [4.78, 5) is 33.4. The van der Waals surface area contributed by atoms with E-state index in [9.17, 15) is 9.59 Å². The summed E-state index contributed by atoms with van der Waals surface area (Å²) in [5.41, 5.74) is 2.81. The Bertz CT molecular complexity index is 796. The number of nitrogens with zero attached hydrogens (tertiary/aromatic N) is 4. The van der Waals surface area contributed by atoms with Crippen molar-refractivity contribution in [2.24, 2.45) is 5.92 Å². The zero-order valence-electron chi connectivity index (χ0n) is 15.4. The first-order chi connectivity index (χ1) is 11.9. The lowest BCUT2D eigenvalue weighted by Crippen LogP contribution is -2.59. The quantitative estimate of drug-likeness (QED) is 0.837. The van der Waals surface area contributed by atoms with Crippen LogP contribution >= 0.6 is 0 Å². The molecule has 1 aliphatic heterocycles. The van der Waals surface area contributed by atoms with E-state index in [1.165, 1.54) is 0 Å². The highest BCUT2D eigenvalue weighted by Gasteiger charge is 2.39. The maximum absolute atomic E-state index is 12.8. The highest BCUT2D eigenvalue weighted by Crippen LogP contribution is 2.22. The van der Waals surface area contributed by atoms with Gasteiger partial charge < -0.3 is 14.2 Å². The molecule has 0 unspecified atom stereocenters. The summed E-state index contributed by atoms with van der Waals surface area (Å²) in [5.74, 6) is 0.389. The average Bonchev–Trinajstić information content (AvgIpc) is 2.95. The molecule has 0 aliphatic carbocycles. The standard InChI is InChI=1S/C19H26N4O2/c1-5-21-12-18(24)23(16(19(21)25)8-13(2)3)11-15-10-22-9-14(4)6-7-17(22)20-15/h6-7,9-10,13,16H,5,8,11-12H2,1-4H3/t16-/m0/s1. The number of imidazole rings is 1. The summed E-state index contributed by atoms with van der Waals surface area (Å²) in [6, 6.07) is 3.59. The average molecular weight is 342 g/mol. The smallest absolute Gasteiger partial charge is 0.245 e. The van der Waals surface area contributed by atoms with Gasteiger partial charge in [-0.15, -0.1) is 0 Å². The Hall–Kier alpha value is -2.37. The van der Waals surface area contributed by atoms with Crippen molar-refractivity contribution in [2.75, 3.05) is 13.1 Å². The van der Waals surface area contributed by atoms with Crippen molar-refractivity contribution in [3.8, 4) is 0 Å². The molecule has 134 valence electrons. The van der Waals surface area contributed by atoms with E-state index in [0.29, 0.717) is 25.4 Å². The molecule has 0 N–H and O–H groups in total. The number of aromatic nitrogens is 2. The van der Waals surface area contributed by atoms with Crippen LogP contribution in [0.1, 0.15) is 38.4 Å². The minimum Gasteiger partial charge on any atom is -0.332 e. The molecule has 0 saturated carbocycles. The molecule has 0 radical (unpaired) electrons. The number of rotatable bonds is 5. The summed E-state index contributed by atoms with van der Waals surface area (Å²) >= 11 is 0. The van der Waals surface area contributed by atoms with Crippen LogP contribution in [0.4, 0.5) is 0 Å². The van der Waals surface area contributed by atoms with Gasteiger partial charge in [-0.05, 0) is 37.8 Å². The third-order valence-electron chi connectivity index (χ3n) is 4.68. The van der Waals surface area contributed by atoms with Gasteiger partial charge in [0.2, 0.25) is 11.8 Å². The van der Waals surface area contributed by atoms with Gasteiger partial charge in [-0.2, -0.15) is 0 Å². The van der Waals surface area contributed by atoms with Crippen molar-refractivity contribution in [1.29, 1.82) is 0 Å². The predicted octanol–water partition coefficient (Wildman–Crippen LogP) is 2.25. The largest absolute Gasteiger partial charge is 0.332 e. The van der Waals surface area contributed by atoms with Crippen LogP contribution in [-0.2, 0) is 16.1 Å². The van der Waals surface area contributed by atoms with Crippen LogP contribution in [0.3, 0.4) is 0 Å². The van der Waals surface area contributed by atoms with E-state index in [1.54, 1.807) is 9.80 Å². The third kappa shape index (κ3) is 3.52. The van der Waals surface area contributed by atoms with Crippen molar-refractivity contribution in [3.05, 3.63) is 35.8 Å². The zero-order valence-corrected chi connectivity index (χ0v) is 15.4. The van der Waals surface area contributed by atoms with Crippen LogP contribution in [-0.4, -0.2) is 50.1 Å². The van der Waals surface area contributed by atoms with Gasteiger partial charge in [-0.25, -0.2) is 4.98 Å². The number of piperazine rings is 1. The van der Waals surface area contributed by atoms with E-state index in [1.807, 2.05) is 42.8 Å². The molecule has 2 amide bonds. The Morgan fingerprint density at radius 1 is 1.24 bits per heavy atom. The van der Waals surface area contributed by atoms with E-state index >= 15 is 0 Å². The number of fused-ring (bicyclic) bond motifs is 1. The fraction of sp³-hybridized carbons (Fsp3) is 0.526. The van der Waals surface area contributed by atoms with E-state index in [0.717, 1.165) is 16.9 Å². The first-order valence-corrected chi connectivity index (χ1v) is 8.91. The molecule has 0 spiro atoms. The molecular formula is C19H26N4O2. The first kappa shape index (κ1) is 17.5. The minimum atomic E-state index is -0.396. The van der Waals surface area contributed by atoms with Crippen LogP contribution in [0.5, 0.6) is 0 Å². The van der Waals surface area contributed by atoms with Crippen molar-refractivity contribution in [2.45, 2.75) is 46.7 Å². The van der Waals surface area contributed by atoms with E-state index in [4.69, 9.17) is 0 Å². The van der Waals surface area contributed by atoms with Crippen molar-refractivity contribution < 1.29 is 9.59 Å². The SMILES string of the molecule is CCN1CC(=O)N(Cc2cn3cc(C)ccc3n2)[C@@H](CC(C)C)C1=O. The molecule has 1 fully saturated rings. The molecule has 6 heteroatoms. The van der Waals surface area contributed by atoms with E-state index in [2.05, 4.69) is 18.8 Å². The summed E-state index contributed by atoms with van der Waals surface area (Å²) in [6.07, 6.45) is 4.63. The van der Waals surface area contributed by atoms with Crippen molar-refractivity contribution in [3.63, 3.8) is 0 Å². The van der Waals surface area contributed by atoms with Crippen LogP contribution in [0.2, 0.25) is 0 Å². The molecule has 2 aromatic rings. The maximum atomic E-state index is 12.8. The number of hydrogen-bond donors (Lipinski definition) is 0. The monoisotopic (exact) mass is 342 g/mol. The van der Waals surface area contributed by atoms with Crippen LogP contribution in [0.25, 0.3) is 5.65 Å². The van der Waals surface area contributed by atoms with Crippen molar-refractivity contribution >= 4 is 17.5 Å². The molecule has 1 aliphatic rings. The van der Waals surface area contributed by atoms with E-state index < -0.39 is 6.04 Å². The maximum Gasteiger partial charge on any atom is 0.245 e. The van der Waals surface area contributed by atoms with Gasteiger partial charge >= 0.3 is 0 Å². The summed E-state index contributed by atoms with van der Waals surface area (Å²) in [6.45, 7) is 9.21. The lowest BCUT2D eigenvalue weighted by molar-refractivity contribution is -0.157. The summed E-state index contributed by atoms with van der Waals surface area (Å²) < 4.78 is 1.97. The Labute approximate surface area is 148 Å². The Morgan fingerprint density at radius 3 is 2.68 bits per heavy atom. The highest BCUT2D eigenvalue weighted by atomic mass is 16.2. The number of carbonyl (C=O) groups excluding carboxylic acids is 2. The lowest BCUT2D eigenvalue weighted by Gasteiger charge is -2.40. The molecule has 2 aromatic heterocycles.